The maximum absolute atomic E-state index is 17.4. The van der Waals surface area contributed by atoms with E-state index in [-0.39, 0.29) is 35.6 Å². The number of rotatable bonds is 6. The Hall–Kier alpha value is -2.74. The van der Waals surface area contributed by atoms with Gasteiger partial charge in [0.1, 0.15) is 17.1 Å². The van der Waals surface area contributed by atoms with E-state index in [2.05, 4.69) is 0 Å². The number of alkyl halides is 1. The minimum Gasteiger partial charge on any atom is -0.457 e. The zero-order valence-corrected chi connectivity index (χ0v) is 24.5. The van der Waals surface area contributed by atoms with Crippen LogP contribution in [0.2, 0.25) is 0 Å². The Morgan fingerprint density at radius 1 is 1.07 bits per heavy atom. The van der Waals surface area contributed by atoms with Crippen molar-refractivity contribution >= 4 is 23.3 Å². The van der Waals surface area contributed by atoms with E-state index in [9.17, 15) is 19.8 Å². The number of allylic oxidation sites excluding steroid dienone is 4. The van der Waals surface area contributed by atoms with Crippen molar-refractivity contribution in [3.63, 3.8) is 0 Å². The highest BCUT2D eigenvalue weighted by Gasteiger charge is 2.75. The molecule has 2 aromatic rings. The molecule has 3 saturated carbocycles. The van der Waals surface area contributed by atoms with Gasteiger partial charge in [-0.15, -0.1) is 11.8 Å². The zero-order chi connectivity index (χ0) is 29.2. The number of halogens is 1. The topological polar surface area (TPSA) is 83.8 Å². The van der Waals surface area contributed by atoms with Crippen molar-refractivity contribution in [1.29, 1.82) is 0 Å². The van der Waals surface area contributed by atoms with Crippen molar-refractivity contribution in [2.24, 2.45) is 28.6 Å². The number of benzene rings is 2. The predicted octanol–water partition coefficient (Wildman–Crippen LogP) is 6.49. The third-order valence-electron chi connectivity index (χ3n) is 10.8. The summed E-state index contributed by atoms with van der Waals surface area (Å²) in [6, 6.07) is 17.0. The molecule has 0 aliphatic heterocycles. The number of Topliss-reactive ketones (excluding diaryl/α,β-unsaturated/α-hetero) is 1. The minimum absolute atomic E-state index is 0.0158. The first-order chi connectivity index (χ1) is 19.4. The quantitative estimate of drug-likeness (QED) is 0.383. The van der Waals surface area contributed by atoms with Gasteiger partial charge in [-0.2, -0.15) is 0 Å². The number of aliphatic hydroxyl groups is 2. The van der Waals surface area contributed by atoms with Crippen LogP contribution in [0.3, 0.4) is 0 Å². The molecule has 7 heteroatoms. The van der Waals surface area contributed by atoms with Crippen LogP contribution >= 0.6 is 11.8 Å². The Morgan fingerprint density at radius 2 is 1.76 bits per heavy atom. The van der Waals surface area contributed by atoms with Gasteiger partial charge in [0.15, 0.2) is 17.2 Å². The molecule has 0 spiro atoms. The first kappa shape index (κ1) is 28.4. The molecule has 0 radical (unpaired) electrons. The fourth-order valence-corrected chi connectivity index (χ4v) is 9.47. The van der Waals surface area contributed by atoms with Gasteiger partial charge in [0.05, 0.1) is 11.9 Å². The molecule has 5 nitrogen and oxygen atoms in total. The molecule has 3 fully saturated rings. The lowest BCUT2D eigenvalue weighted by atomic mass is 9.44. The molecule has 41 heavy (non-hydrogen) atoms. The van der Waals surface area contributed by atoms with Crippen molar-refractivity contribution in [1.82, 2.24) is 0 Å². The van der Waals surface area contributed by atoms with Crippen LogP contribution in [0.1, 0.15) is 46.5 Å². The first-order valence-corrected chi connectivity index (χ1v) is 15.4. The van der Waals surface area contributed by atoms with Gasteiger partial charge < -0.3 is 14.9 Å². The van der Waals surface area contributed by atoms with Crippen molar-refractivity contribution < 1.29 is 28.9 Å². The number of hydrogen-bond donors (Lipinski definition) is 2. The van der Waals surface area contributed by atoms with Gasteiger partial charge in [-0.05, 0) is 93.0 Å². The second kappa shape index (κ2) is 9.92. The lowest BCUT2D eigenvalue weighted by Crippen LogP contribution is -2.69. The van der Waals surface area contributed by atoms with Crippen LogP contribution in [0.25, 0.3) is 0 Å². The number of carbonyl (C=O) groups is 2. The van der Waals surface area contributed by atoms with Gasteiger partial charge in [0.25, 0.3) is 0 Å². The van der Waals surface area contributed by atoms with E-state index in [1.54, 1.807) is 13.0 Å². The number of fused-ring (bicyclic) bond motifs is 5. The molecular weight excluding hydrogens is 539 g/mol. The van der Waals surface area contributed by atoms with Gasteiger partial charge >= 0.3 is 0 Å². The van der Waals surface area contributed by atoms with Crippen LogP contribution in [0.15, 0.2) is 83.3 Å². The minimum atomic E-state index is -1.98. The van der Waals surface area contributed by atoms with Crippen LogP contribution < -0.4 is 4.74 Å². The lowest BCUT2D eigenvalue weighted by molar-refractivity contribution is -0.218. The summed E-state index contributed by atoms with van der Waals surface area (Å²) in [6.45, 7) is 5.53. The van der Waals surface area contributed by atoms with Gasteiger partial charge in [-0.3, -0.25) is 9.59 Å². The second-order valence-electron chi connectivity index (χ2n) is 12.8. The van der Waals surface area contributed by atoms with Crippen LogP contribution in [-0.4, -0.2) is 44.9 Å². The fourth-order valence-electron chi connectivity index (χ4n) is 8.63. The highest BCUT2D eigenvalue weighted by molar-refractivity contribution is 8.00. The number of carbonyl (C=O) groups excluding carboxylic acids is 2. The van der Waals surface area contributed by atoms with Crippen molar-refractivity contribution in [3.05, 3.63) is 78.4 Å². The summed E-state index contributed by atoms with van der Waals surface area (Å²) in [7, 11) is 0. The number of aliphatic hydroxyl groups excluding tert-OH is 1. The number of ketones is 2. The first-order valence-electron chi connectivity index (χ1n) is 14.5. The van der Waals surface area contributed by atoms with Gasteiger partial charge in [-0.25, -0.2) is 4.39 Å². The van der Waals surface area contributed by atoms with E-state index < -0.39 is 34.1 Å². The zero-order valence-electron chi connectivity index (χ0n) is 23.7. The molecule has 0 bridgehead atoms. The van der Waals surface area contributed by atoms with Gasteiger partial charge in [-0.1, -0.05) is 43.7 Å². The van der Waals surface area contributed by atoms with Crippen LogP contribution in [-0.2, 0) is 9.59 Å². The lowest BCUT2D eigenvalue weighted by Gasteiger charge is -2.62. The average Bonchev–Trinajstić information content (AvgIpc) is 3.15. The SMILES string of the molecule is C[C@@H]1CC2C3CCC4=CC(=O)C=CC4(C)[C@@]3(F)[C@@H](O)CC2(C)[C@@]1(O)C(=O)CSc1ccc(Oc2ccccc2)cc1. The summed E-state index contributed by atoms with van der Waals surface area (Å²) in [5.41, 5.74) is -5.00. The standard InChI is InChI=1S/C34H37FO5S/c1-21-17-28-27-14-9-22-18-23(36)15-16-31(22,2)33(27,35)29(37)19-32(28,3)34(21,39)30(38)20-41-26-12-10-25(11-13-26)40-24-7-5-4-6-8-24/h4-8,10-13,15-16,18,21,27-29,37,39H,9,14,17,19-20H2,1-3H3/t21-,27?,28?,29+,31?,32?,33+,34+/m1/s1. The Morgan fingerprint density at radius 3 is 2.46 bits per heavy atom. The van der Waals surface area contributed by atoms with Crippen molar-refractivity contribution in [3.8, 4) is 11.5 Å². The largest absolute Gasteiger partial charge is 0.457 e. The van der Waals surface area contributed by atoms with E-state index in [0.717, 1.165) is 16.2 Å². The number of thioether (sulfide) groups is 1. The molecular formula is C34H37FO5S. The van der Waals surface area contributed by atoms with E-state index >= 15 is 4.39 Å². The summed E-state index contributed by atoms with van der Waals surface area (Å²) in [5.74, 6) is -0.132. The smallest absolute Gasteiger partial charge is 0.178 e. The molecule has 0 aromatic heterocycles. The second-order valence-corrected chi connectivity index (χ2v) is 13.8. The number of para-hydroxylation sites is 1. The van der Waals surface area contributed by atoms with Crippen molar-refractivity contribution in [2.45, 2.75) is 68.7 Å². The molecule has 0 amide bonds. The predicted molar refractivity (Wildman–Crippen MR) is 157 cm³/mol. The molecule has 2 aromatic carbocycles. The molecule has 0 heterocycles. The molecule has 4 unspecified atom stereocenters. The Bertz CT molecular complexity index is 1420. The third-order valence-corrected chi connectivity index (χ3v) is 11.8. The summed E-state index contributed by atoms with van der Waals surface area (Å²) < 4.78 is 23.2. The molecule has 2 N–H and O–H groups in total. The number of ether oxygens (including phenoxy) is 1. The molecule has 0 saturated heterocycles. The Labute approximate surface area is 244 Å². The maximum Gasteiger partial charge on any atom is 0.178 e. The van der Waals surface area contributed by atoms with Crippen LogP contribution in [0.4, 0.5) is 4.39 Å². The Kier molecular flexibility index (Phi) is 6.87. The molecule has 4 aliphatic carbocycles. The normalized spacial score (nSPS) is 39.4. The van der Waals surface area contributed by atoms with E-state index in [1.165, 1.54) is 23.9 Å². The van der Waals surface area contributed by atoms with Crippen LogP contribution in [0, 0.1) is 28.6 Å². The highest BCUT2D eigenvalue weighted by Crippen LogP contribution is 2.70. The molecule has 4 aliphatic rings. The van der Waals surface area contributed by atoms with Crippen LogP contribution in [0.5, 0.6) is 11.5 Å². The monoisotopic (exact) mass is 576 g/mol. The molecule has 8 atom stereocenters. The Balaban J connectivity index is 1.21. The van der Waals surface area contributed by atoms with E-state index in [1.807, 2.05) is 68.4 Å². The third kappa shape index (κ3) is 4.10. The summed E-state index contributed by atoms with van der Waals surface area (Å²) in [6.07, 6.45) is 4.70. The maximum atomic E-state index is 17.4. The van der Waals surface area contributed by atoms with Crippen molar-refractivity contribution in [2.75, 3.05) is 5.75 Å². The highest BCUT2D eigenvalue weighted by atomic mass is 32.2. The van der Waals surface area contributed by atoms with E-state index in [0.29, 0.717) is 25.0 Å². The summed E-state index contributed by atoms with van der Waals surface area (Å²) >= 11 is 1.36. The van der Waals surface area contributed by atoms with Gasteiger partial charge in [0, 0.05) is 21.6 Å². The summed E-state index contributed by atoms with van der Waals surface area (Å²) in [4.78, 5) is 26.8. The fraction of sp³-hybridized carbons (Fsp3) is 0.471. The number of hydrogen-bond acceptors (Lipinski definition) is 6. The molecule has 216 valence electrons. The van der Waals surface area contributed by atoms with Gasteiger partial charge in [0.2, 0.25) is 0 Å². The van der Waals surface area contributed by atoms with E-state index in [4.69, 9.17) is 4.74 Å². The summed E-state index contributed by atoms with van der Waals surface area (Å²) in [5, 5.41) is 23.7. The average molecular weight is 577 g/mol. The molecule has 6 rings (SSSR count).